The van der Waals surface area contributed by atoms with E-state index in [1.165, 1.54) is 30.3 Å². The number of halogens is 1. The number of ether oxygens (including phenoxy) is 1. The molecule has 168 valence electrons. The van der Waals surface area contributed by atoms with E-state index in [0.717, 1.165) is 37.6 Å². The number of nitrogens with zero attached hydrogens (tertiary/aromatic N) is 4. The number of hydrogen-bond donors (Lipinski definition) is 1. The van der Waals surface area contributed by atoms with Gasteiger partial charge in [-0.1, -0.05) is 30.0 Å². The van der Waals surface area contributed by atoms with Gasteiger partial charge in [-0.05, 0) is 56.5 Å². The van der Waals surface area contributed by atoms with Gasteiger partial charge in [0.1, 0.15) is 11.6 Å². The van der Waals surface area contributed by atoms with Gasteiger partial charge in [0.2, 0.25) is 11.9 Å². The number of nitrogens with one attached hydrogen (secondary N) is 1. The molecule has 7 nitrogen and oxygen atoms in total. The molecule has 1 saturated heterocycles. The maximum atomic E-state index is 13.5. The third-order valence-electron chi connectivity index (χ3n) is 5.32. The second-order valence-electron chi connectivity index (χ2n) is 7.60. The van der Waals surface area contributed by atoms with E-state index in [9.17, 15) is 9.18 Å². The van der Waals surface area contributed by atoms with Gasteiger partial charge < -0.3 is 15.0 Å². The summed E-state index contributed by atoms with van der Waals surface area (Å²) < 4.78 is 21.0. The molecule has 2 heterocycles. The van der Waals surface area contributed by atoms with Crippen molar-refractivity contribution in [1.29, 1.82) is 0 Å². The molecule has 1 unspecified atom stereocenters. The zero-order valence-corrected chi connectivity index (χ0v) is 18.9. The Morgan fingerprint density at radius 1 is 1.12 bits per heavy atom. The van der Waals surface area contributed by atoms with Gasteiger partial charge in [-0.2, -0.15) is 0 Å². The summed E-state index contributed by atoms with van der Waals surface area (Å²) in [6, 6.07) is 13.5. The highest BCUT2D eigenvalue weighted by Crippen LogP contribution is 2.34. The minimum Gasteiger partial charge on any atom is -0.495 e. The fourth-order valence-corrected chi connectivity index (χ4v) is 4.54. The predicted octanol–water partition coefficient (Wildman–Crippen LogP) is 4.52. The van der Waals surface area contributed by atoms with Gasteiger partial charge in [0.25, 0.3) is 0 Å². The van der Waals surface area contributed by atoms with Crippen molar-refractivity contribution in [2.24, 2.45) is 0 Å². The minimum atomic E-state index is -0.481. The summed E-state index contributed by atoms with van der Waals surface area (Å²) in [7, 11) is 1.63. The average Bonchev–Trinajstić information content (AvgIpc) is 3.22. The van der Waals surface area contributed by atoms with Crippen LogP contribution in [0.3, 0.4) is 0 Å². The molecule has 2 aromatic carbocycles. The first-order chi connectivity index (χ1) is 15.6. The fraction of sp³-hybridized carbons (Fsp3) is 0.348. The summed E-state index contributed by atoms with van der Waals surface area (Å²) in [5.41, 5.74) is 1.24. The van der Waals surface area contributed by atoms with Crippen molar-refractivity contribution < 1.29 is 13.9 Å². The van der Waals surface area contributed by atoms with Gasteiger partial charge >= 0.3 is 0 Å². The van der Waals surface area contributed by atoms with Crippen LogP contribution in [0.2, 0.25) is 0 Å². The van der Waals surface area contributed by atoms with Crippen molar-refractivity contribution in [3.63, 3.8) is 0 Å². The second kappa shape index (κ2) is 10.0. The first-order valence-electron chi connectivity index (χ1n) is 10.6. The van der Waals surface area contributed by atoms with Crippen LogP contribution in [0.15, 0.2) is 53.7 Å². The van der Waals surface area contributed by atoms with Gasteiger partial charge in [-0.15, -0.1) is 10.2 Å². The van der Waals surface area contributed by atoms with Crippen LogP contribution in [-0.2, 0) is 4.79 Å². The number of aromatic nitrogens is 3. The summed E-state index contributed by atoms with van der Waals surface area (Å²) in [5, 5.41) is 11.8. The van der Waals surface area contributed by atoms with Crippen LogP contribution in [-0.4, -0.2) is 46.1 Å². The summed E-state index contributed by atoms with van der Waals surface area (Å²) in [5.74, 6) is 0.804. The number of carbonyl (C=O) groups is 1. The topological polar surface area (TPSA) is 72.3 Å². The Morgan fingerprint density at radius 2 is 1.91 bits per heavy atom. The number of piperidine rings is 1. The van der Waals surface area contributed by atoms with Crippen LogP contribution >= 0.6 is 11.8 Å². The molecule has 0 saturated carbocycles. The molecule has 1 aromatic heterocycles. The van der Waals surface area contributed by atoms with Crippen molar-refractivity contribution in [2.45, 2.75) is 36.6 Å². The van der Waals surface area contributed by atoms with E-state index in [2.05, 4.69) is 20.4 Å². The molecule has 1 atom stereocenters. The largest absolute Gasteiger partial charge is 0.495 e. The molecule has 0 spiro atoms. The summed E-state index contributed by atoms with van der Waals surface area (Å²) in [6.45, 7) is 3.61. The smallest absolute Gasteiger partial charge is 0.237 e. The molecular formula is C23H26FN5O2S. The van der Waals surface area contributed by atoms with Gasteiger partial charge in [-0.25, -0.2) is 4.39 Å². The molecule has 3 aromatic rings. The van der Waals surface area contributed by atoms with Crippen LogP contribution in [0.1, 0.15) is 26.2 Å². The molecule has 1 fully saturated rings. The molecule has 0 bridgehead atoms. The Morgan fingerprint density at radius 3 is 2.66 bits per heavy atom. The Bertz CT molecular complexity index is 1080. The number of rotatable bonds is 7. The van der Waals surface area contributed by atoms with E-state index >= 15 is 0 Å². The molecule has 0 radical (unpaired) electrons. The first-order valence-corrected chi connectivity index (χ1v) is 11.5. The van der Waals surface area contributed by atoms with Crippen molar-refractivity contribution in [2.75, 3.05) is 30.4 Å². The van der Waals surface area contributed by atoms with Crippen molar-refractivity contribution >= 4 is 29.3 Å². The summed E-state index contributed by atoms with van der Waals surface area (Å²) in [6.07, 6.45) is 3.42. The second-order valence-corrected chi connectivity index (χ2v) is 8.91. The quantitative estimate of drug-likeness (QED) is 0.528. The lowest BCUT2D eigenvalue weighted by Crippen LogP contribution is -2.32. The normalized spacial score (nSPS) is 14.8. The lowest BCUT2D eigenvalue weighted by atomic mass is 10.1. The Balaban J connectivity index is 1.63. The van der Waals surface area contributed by atoms with E-state index in [4.69, 9.17) is 4.74 Å². The van der Waals surface area contributed by atoms with Gasteiger partial charge in [0.05, 0.1) is 18.0 Å². The van der Waals surface area contributed by atoms with Crippen LogP contribution in [0.5, 0.6) is 5.75 Å². The van der Waals surface area contributed by atoms with E-state index in [1.54, 1.807) is 26.2 Å². The monoisotopic (exact) mass is 455 g/mol. The fourth-order valence-electron chi connectivity index (χ4n) is 3.68. The lowest BCUT2D eigenvalue weighted by molar-refractivity contribution is -0.115. The average molecular weight is 456 g/mol. The predicted molar refractivity (Wildman–Crippen MR) is 124 cm³/mol. The molecule has 32 heavy (non-hydrogen) atoms. The number of carbonyl (C=O) groups excluding carboxylic acids is 1. The highest BCUT2D eigenvalue weighted by Gasteiger charge is 2.26. The number of para-hydroxylation sites is 2. The maximum Gasteiger partial charge on any atom is 0.237 e. The summed E-state index contributed by atoms with van der Waals surface area (Å²) in [4.78, 5) is 15.0. The van der Waals surface area contributed by atoms with E-state index in [1.807, 2.05) is 28.8 Å². The highest BCUT2D eigenvalue weighted by molar-refractivity contribution is 8.00. The molecule has 9 heteroatoms. The van der Waals surface area contributed by atoms with E-state index < -0.39 is 11.1 Å². The summed E-state index contributed by atoms with van der Waals surface area (Å²) >= 11 is 1.30. The number of hydrogen-bond acceptors (Lipinski definition) is 6. The van der Waals surface area contributed by atoms with Crippen LogP contribution in [0.4, 0.5) is 16.0 Å². The molecular weight excluding hydrogens is 429 g/mol. The third kappa shape index (κ3) is 4.88. The third-order valence-corrected chi connectivity index (χ3v) is 6.37. The van der Waals surface area contributed by atoms with Crippen molar-refractivity contribution in [3.8, 4) is 11.4 Å². The molecule has 1 amide bonds. The standard InChI is InChI=1S/C23H26FN5O2S/c1-16(21(30)25-18-10-8-9-17(24)15-18)32-23-27-26-22(28-13-6-3-7-14-28)29(23)19-11-4-5-12-20(19)31-2/h4-5,8-12,15-16H,3,6-7,13-14H2,1-2H3,(H,25,30). The first kappa shape index (κ1) is 22.1. The molecule has 1 aliphatic rings. The van der Waals surface area contributed by atoms with Crippen LogP contribution in [0.25, 0.3) is 5.69 Å². The zero-order chi connectivity index (χ0) is 22.5. The number of methoxy groups -OCH3 is 1. The number of thioether (sulfide) groups is 1. The van der Waals surface area contributed by atoms with E-state index in [0.29, 0.717) is 16.6 Å². The van der Waals surface area contributed by atoms with E-state index in [-0.39, 0.29) is 5.91 Å². The van der Waals surface area contributed by atoms with Crippen LogP contribution in [0, 0.1) is 5.82 Å². The number of amides is 1. The maximum absolute atomic E-state index is 13.5. The number of anilines is 2. The van der Waals surface area contributed by atoms with Crippen molar-refractivity contribution in [3.05, 3.63) is 54.3 Å². The number of benzene rings is 2. The van der Waals surface area contributed by atoms with Gasteiger partial charge in [-0.3, -0.25) is 9.36 Å². The highest BCUT2D eigenvalue weighted by atomic mass is 32.2. The Hall–Kier alpha value is -3.07. The Labute approximate surface area is 191 Å². The molecule has 1 aliphatic heterocycles. The van der Waals surface area contributed by atoms with Crippen LogP contribution < -0.4 is 15.0 Å². The Kier molecular flexibility index (Phi) is 6.94. The lowest BCUT2D eigenvalue weighted by Gasteiger charge is -2.28. The van der Waals surface area contributed by atoms with Crippen molar-refractivity contribution in [1.82, 2.24) is 14.8 Å². The zero-order valence-electron chi connectivity index (χ0n) is 18.1. The molecule has 0 aliphatic carbocycles. The SMILES string of the molecule is COc1ccccc1-n1c(SC(C)C(=O)Nc2cccc(F)c2)nnc1N1CCCCC1. The molecule has 4 rings (SSSR count). The minimum absolute atomic E-state index is 0.241. The van der Waals surface area contributed by atoms with Gasteiger partial charge in [0, 0.05) is 18.8 Å². The van der Waals surface area contributed by atoms with Gasteiger partial charge in [0.15, 0.2) is 5.16 Å². The molecule has 1 N–H and O–H groups in total.